The van der Waals surface area contributed by atoms with E-state index >= 15 is 0 Å². The number of anilines is 1. The van der Waals surface area contributed by atoms with Crippen LogP contribution in [-0.4, -0.2) is 25.1 Å². The van der Waals surface area contributed by atoms with Crippen molar-refractivity contribution in [3.05, 3.63) is 66.7 Å². The van der Waals surface area contributed by atoms with Crippen LogP contribution in [0, 0.1) is 6.92 Å². The lowest BCUT2D eigenvalue weighted by Gasteiger charge is -2.22. The topological polar surface area (TPSA) is 68.2 Å². The van der Waals surface area contributed by atoms with Gasteiger partial charge in [0.05, 0.1) is 11.9 Å². The molecule has 0 amide bonds. The van der Waals surface area contributed by atoms with Crippen molar-refractivity contribution in [1.82, 2.24) is 19.5 Å². The highest BCUT2D eigenvalue weighted by atomic mass is 16.5. The molecule has 0 saturated heterocycles. The van der Waals surface area contributed by atoms with Crippen molar-refractivity contribution in [2.24, 2.45) is 0 Å². The Bertz CT molecular complexity index is 1360. The van der Waals surface area contributed by atoms with Gasteiger partial charge in [0.15, 0.2) is 11.2 Å². The van der Waals surface area contributed by atoms with Gasteiger partial charge in [0.25, 0.3) is 0 Å². The molecule has 1 N–H and O–H groups in total. The van der Waals surface area contributed by atoms with E-state index in [0.29, 0.717) is 0 Å². The van der Waals surface area contributed by atoms with Crippen molar-refractivity contribution in [1.29, 1.82) is 0 Å². The predicted octanol–water partition coefficient (Wildman–Crippen LogP) is 5.72. The van der Waals surface area contributed by atoms with E-state index in [0.717, 1.165) is 50.5 Å². The molecule has 0 saturated carbocycles. The summed E-state index contributed by atoms with van der Waals surface area (Å²) in [4.78, 5) is 9.05. The maximum atomic E-state index is 5.33. The molecule has 150 valence electrons. The lowest BCUT2D eigenvalue weighted by molar-refractivity contribution is 0.450. The maximum absolute atomic E-state index is 5.33. The van der Waals surface area contributed by atoms with Crippen LogP contribution in [0.25, 0.3) is 39.0 Å². The minimum Gasteiger partial charge on any atom is -0.365 e. The van der Waals surface area contributed by atoms with Crippen molar-refractivity contribution >= 4 is 22.4 Å². The minimum atomic E-state index is -0.0974. The Morgan fingerprint density at radius 1 is 0.967 bits per heavy atom. The highest BCUT2D eigenvalue weighted by Crippen LogP contribution is 2.33. The number of nitrogens with one attached hydrogen (secondary N) is 1. The zero-order valence-electron chi connectivity index (χ0n) is 17.5. The first-order valence-corrected chi connectivity index (χ1v) is 9.96. The number of aromatic nitrogens is 4. The summed E-state index contributed by atoms with van der Waals surface area (Å²) in [5.41, 5.74) is 6.66. The van der Waals surface area contributed by atoms with Crippen LogP contribution in [0.5, 0.6) is 0 Å². The van der Waals surface area contributed by atoms with Crippen LogP contribution in [0.15, 0.2) is 65.6 Å². The number of aryl methyl sites for hydroxylation is 1. The quantitative estimate of drug-likeness (QED) is 0.421. The number of rotatable bonds is 3. The molecule has 0 unspecified atom stereocenters. The second kappa shape index (κ2) is 6.69. The fraction of sp³-hybridized carbons (Fsp3) is 0.208. The van der Waals surface area contributed by atoms with Gasteiger partial charge >= 0.3 is 0 Å². The van der Waals surface area contributed by atoms with Gasteiger partial charge in [-0.05, 0) is 51.0 Å². The molecule has 5 aromatic rings. The van der Waals surface area contributed by atoms with E-state index in [9.17, 15) is 0 Å². The largest absolute Gasteiger partial charge is 0.365 e. The van der Waals surface area contributed by atoms with Gasteiger partial charge in [-0.1, -0.05) is 35.5 Å². The van der Waals surface area contributed by atoms with Gasteiger partial charge in [-0.2, -0.15) is 0 Å². The molecule has 0 radical (unpaired) electrons. The molecule has 0 aliphatic heterocycles. The molecule has 6 nitrogen and oxygen atoms in total. The number of hydrogen-bond donors (Lipinski definition) is 1. The number of hydrogen-bond acceptors (Lipinski definition) is 5. The summed E-state index contributed by atoms with van der Waals surface area (Å²) in [5.74, 6) is 0.967. The monoisotopic (exact) mass is 397 g/mol. The molecule has 3 aromatic heterocycles. The number of fused-ring (bicyclic) bond motifs is 2. The van der Waals surface area contributed by atoms with Crippen molar-refractivity contribution < 1.29 is 4.52 Å². The summed E-state index contributed by atoms with van der Waals surface area (Å²) in [5, 5.41) is 8.69. The van der Waals surface area contributed by atoms with Crippen LogP contribution < -0.4 is 5.32 Å². The molecular formula is C24H23N5O. The van der Waals surface area contributed by atoms with Crippen LogP contribution >= 0.6 is 0 Å². The summed E-state index contributed by atoms with van der Waals surface area (Å²) in [6, 6.07) is 14.6. The SMILES string of the molecule is Cc1noc2ccc(-c3ccc(-c4nc5cnccn5c4NC(C)(C)C)cc3)cc12. The zero-order chi connectivity index (χ0) is 20.9. The summed E-state index contributed by atoms with van der Waals surface area (Å²) in [6.45, 7) is 8.39. The Balaban J connectivity index is 1.57. The van der Waals surface area contributed by atoms with E-state index in [1.807, 2.05) is 23.6 Å². The van der Waals surface area contributed by atoms with Crippen molar-refractivity contribution in [2.75, 3.05) is 5.32 Å². The Labute approximate surface area is 174 Å². The van der Waals surface area contributed by atoms with Gasteiger partial charge in [0.2, 0.25) is 0 Å². The average Bonchev–Trinajstić information content (AvgIpc) is 3.28. The van der Waals surface area contributed by atoms with E-state index in [-0.39, 0.29) is 5.54 Å². The molecule has 0 spiro atoms. The summed E-state index contributed by atoms with van der Waals surface area (Å²) < 4.78 is 7.37. The van der Waals surface area contributed by atoms with Crippen LogP contribution in [-0.2, 0) is 0 Å². The van der Waals surface area contributed by atoms with E-state index in [1.165, 1.54) is 0 Å². The first kappa shape index (κ1) is 18.4. The molecule has 5 rings (SSSR count). The summed E-state index contributed by atoms with van der Waals surface area (Å²) in [7, 11) is 0. The maximum Gasteiger partial charge on any atom is 0.167 e. The normalized spacial score (nSPS) is 12.0. The molecule has 0 atom stereocenters. The van der Waals surface area contributed by atoms with Crippen molar-refractivity contribution in [3.63, 3.8) is 0 Å². The van der Waals surface area contributed by atoms with Crippen LogP contribution in [0.3, 0.4) is 0 Å². The lowest BCUT2D eigenvalue weighted by Crippen LogP contribution is -2.27. The Hall–Kier alpha value is -3.67. The predicted molar refractivity (Wildman–Crippen MR) is 120 cm³/mol. The zero-order valence-corrected chi connectivity index (χ0v) is 17.5. The fourth-order valence-electron chi connectivity index (χ4n) is 3.64. The second-order valence-corrected chi connectivity index (χ2v) is 8.54. The van der Waals surface area contributed by atoms with Crippen molar-refractivity contribution in [3.8, 4) is 22.4 Å². The van der Waals surface area contributed by atoms with Crippen LogP contribution in [0.4, 0.5) is 5.82 Å². The first-order chi connectivity index (χ1) is 14.4. The third-order valence-electron chi connectivity index (χ3n) is 5.07. The van der Waals surface area contributed by atoms with Gasteiger partial charge in [-0.25, -0.2) is 4.98 Å². The Morgan fingerprint density at radius 2 is 1.70 bits per heavy atom. The molecule has 0 bridgehead atoms. The average molecular weight is 397 g/mol. The van der Waals surface area contributed by atoms with Crippen LogP contribution in [0.2, 0.25) is 0 Å². The first-order valence-electron chi connectivity index (χ1n) is 9.96. The van der Waals surface area contributed by atoms with E-state index in [4.69, 9.17) is 9.51 Å². The fourth-order valence-corrected chi connectivity index (χ4v) is 3.64. The Kier molecular flexibility index (Phi) is 4.10. The van der Waals surface area contributed by atoms with Crippen LogP contribution in [0.1, 0.15) is 26.5 Å². The van der Waals surface area contributed by atoms with E-state index in [2.05, 4.69) is 72.6 Å². The minimum absolute atomic E-state index is 0.0974. The van der Waals surface area contributed by atoms with Gasteiger partial charge in [0.1, 0.15) is 11.5 Å². The highest BCUT2D eigenvalue weighted by Gasteiger charge is 2.19. The third kappa shape index (κ3) is 3.20. The molecule has 0 aliphatic rings. The molecule has 0 aliphatic carbocycles. The third-order valence-corrected chi connectivity index (χ3v) is 5.07. The molecule has 6 heteroatoms. The second-order valence-electron chi connectivity index (χ2n) is 8.54. The smallest absolute Gasteiger partial charge is 0.167 e. The van der Waals surface area contributed by atoms with Gasteiger partial charge in [-0.15, -0.1) is 0 Å². The van der Waals surface area contributed by atoms with Gasteiger partial charge in [0, 0.05) is 28.9 Å². The summed E-state index contributed by atoms with van der Waals surface area (Å²) >= 11 is 0. The van der Waals surface area contributed by atoms with E-state index < -0.39 is 0 Å². The van der Waals surface area contributed by atoms with Gasteiger partial charge in [-0.3, -0.25) is 9.38 Å². The number of benzene rings is 2. The molecule has 0 fully saturated rings. The Morgan fingerprint density at radius 3 is 2.47 bits per heavy atom. The molecule has 3 heterocycles. The number of imidazole rings is 1. The molecule has 30 heavy (non-hydrogen) atoms. The van der Waals surface area contributed by atoms with Gasteiger partial charge < -0.3 is 9.84 Å². The highest BCUT2D eigenvalue weighted by molar-refractivity contribution is 5.86. The number of nitrogens with zero attached hydrogens (tertiary/aromatic N) is 4. The van der Waals surface area contributed by atoms with E-state index in [1.54, 1.807) is 12.4 Å². The summed E-state index contributed by atoms with van der Waals surface area (Å²) in [6.07, 6.45) is 5.49. The van der Waals surface area contributed by atoms with Crippen molar-refractivity contribution in [2.45, 2.75) is 33.2 Å². The molecule has 2 aromatic carbocycles. The standard InChI is InChI=1S/C24H23N5O/c1-15-19-13-18(9-10-20(19)30-28-15)16-5-7-17(8-6-16)22-23(27-24(2,3)4)29-12-11-25-14-21(29)26-22/h5-14,27H,1-4H3. The molecular weight excluding hydrogens is 374 g/mol. The lowest BCUT2D eigenvalue weighted by atomic mass is 10.0.